The van der Waals surface area contributed by atoms with Crippen LogP contribution in [0.15, 0.2) is 43.0 Å². The zero-order valence-electron chi connectivity index (χ0n) is 9.08. The summed E-state index contributed by atoms with van der Waals surface area (Å²) in [6, 6.07) is 9.87. The third kappa shape index (κ3) is 2.50. The van der Waals surface area contributed by atoms with E-state index in [-0.39, 0.29) is 12.2 Å². The van der Waals surface area contributed by atoms with E-state index in [0.29, 0.717) is 13.2 Å². The average molecular weight is 220 g/mol. The molecule has 0 unspecified atom stereocenters. The van der Waals surface area contributed by atoms with Crippen molar-refractivity contribution in [3.8, 4) is 0 Å². The van der Waals surface area contributed by atoms with Crippen molar-refractivity contribution < 1.29 is 14.6 Å². The van der Waals surface area contributed by atoms with Gasteiger partial charge in [-0.15, -0.1) is 6.58 Å². The molecule has 0 spiro atoms. The quantitative estimate of drug-likeness (QED) is 0.782. The van der Waals surface area contributed by atoms with E-state index in [2.05, 4.69) is 6.58 Å². The van der Waals surface area contributed by atoms with Crippen molar-refractivity contribution >= 4 is 0 Å². The zero-order chi connectivity index (χ0) is 11.4. The van der Waals surface area contributed by atoms with Crippen LogP contribution in [0.1, 0.15) is 5.56 Å². The summed E-state index contributed by atoms with van der Waals surface area (Å²) in [4.78, 5) is 0. The smallest absolute Gasteiger partial charge is 0.116 e. The van der Waals surface area contributed by atoms with Gasteiger partial charge in [-0.05, 0) is 5.56 Å². The number of rotatable bonds is 4. The topological polar surface area (TPSA) is 38.7 Å². The summed E-state index contributed by atoms with van der Waals surface area (Å²) >= 11 is 0. The Balaban J connectivity index is 1.92. The second-order valence-electron chi connectivity index (χ2n) is 3.86. The number of ether oxygens (including phenoxy) is 2. The molecule has 0 bridgehead atoms. The van der Waals surface area contributed by atoms with Crippen LogP contribution in [0.2, 0.25) is 0 Å². The Morgan fingerprint density at radius 2 is 2.19 bits per heavy atom. The fourth-order valence-electron chi connectivity index (χ4n) is 1.79. The lowest BCUT2D eigenvalue weighted by Gasteiger charge is -2.18. The predicted molar refractivity (Wildman–Crippen MR) is 61.0 cm³/mol. The molecule has 0 aromatic heterocycles. The van der Waals surface area contributed by atoms with Crippen LogP contribution in [0, 0.1) is 0 Å². The molecule has 1 aromatic carbocycles. The fourth-order valence-corrected chi connectivity index (χ4v) is 1.79. The van der Waals surface area contributed by atoms with E-state index in [0.717, 1.165) is 5.56 Å². The molecule has 3 heteroatoms. The van der Waals surface area contributed by atoms with E-state index in [4.69, 9.17) is 9.47 Å². The largest absolute Gasteiger partial charge is 0.388 e. The molecule has 0 saturated carbocycles. The second-order valence-corrected chi connectivity index (χ2v) is 3.86. The first kappa shape index (κ1) is 11.3. The Hall–Kier alpha value is -1.16. The lowest BCUT2D eigenvalue weighted by Crippen LogP contribution is -2.31. The van der Waals surface area contributed by atoms with E-state index in [1.807, 2.05) is 30.3 Å². The molecule has 1 aliphatic heterocycles. The van der Waals surface area contributed by atoms with E-state index in [1.165, 1.54) is 0 Å². The molecular formula is C13H16O3. The number of hydrogen-bond donors (Lipinski definition) is 1. The van der Waals surface area contributed by atoms with Crippen LogP contribution < -0.4 is 0 Å². The maximum atomic E-state index is 9.67. The van der Waals surface area contributed by atoms with E-state index < -0.39 is 6.10 Å². The van der Waals surface area contributed by atoms with Gasteiger partial charge in [0.15, 0.2) is 0 Å². The molecule has 1 saturated heterocycles. The van der Waals surface area contributed by atoms with Gasteiger partial charge in [-0.1, -0.05) is 36.4 Å². The molecule has 3 atom stereocenters. The SMILES string of the molecule is C=C[C@@H]1OC[C@@H](O)[C@@H]1OCc1ccccc1. The van der Waals surface area contributed by atoms with Gasteiger partial charge >= 0.3 is 0 Å². The van der Waals surface area contributed by atoms with Gasteiger partial charge in [0.1, 0.15) is 18.3 Å². The third-order valence-electron chi connectivity index (χ3n) is 2.68. The number of benzene rings is 1. The molecule has 1 fully saturated rings. The average Bonchev–Trinajstić information content (AvgIpc) is 2.69. The normalized spacial score (nSPS) is 29.2. The number of hydrogen-bond acceptors (Lipinski definition) is 3. The standard InChI is InChI=1S/C13H16O3/c1-2-12-13(11(14)9-15-12)16-8-10-6-4-3-5-7-10/h2-7,11-14H,1,8-9H2/t11-,12+,13+/m1/s1. The van der Waals surface area contributed by atoms with Gasteiger partial charge < -0.3 is 14.6 Å². The first-order chi connectivity index (χ1) is 7.81. The maximum absolute atomic E-state index is 9.67. The summed E-state index contributed by atoms with van der Waals surface area (Å²) in [6.07, 6.45) is 0.592. The van der Waals surface area contributed by atoms with Gasteiger partial charge in [0.2, 0.25) is 0 Å². The van der Waals surface area contributed by atoms with Crippen LogP contribution in [0.3, 0.4) is 0 Å². The highest BCUT2D eigenvalue weighted by atomic mass is 16.6. The molecule has 0 radical (unpaired) electrons. The summed E-state index contributed by atoms with van der Waals surface area (Å²) in [5.41, 5.74) is 1.09. The summed E-state index contributed by atoms with van der Waals surface area (Å²) in [5, 5.41) is 9.67. The molecule has 0 amide bonds. The Morgan fingerprint density at radius 3 is 2.88 bits per heavy atom. The van der Waals surface area contributed by atoms with Crippen molar-refractivity contribution in [3.05, 3.63) is 48.6 Å². The molecule has 1 aromatic rings. The Bertz CT molecular complexity index is 336. The molecule has 1 aliphatic rings. The first-order valence-electron chi connectivity index (χ1n) is 5.39. The Labute approximate surface area is 95.3 Å². The van der Waals surface area contributed by atoms with Gasteiger partial charge in [0.25, 0.3) is 0 Å². The maximum Gasteiger partial charge on any atom is 0.116 e. The lowest BCUT2D eigenvalue weighted by molar-refractivity contribution is -0.0337. The molecule has 1 N–H and O–H groups in total. The summed E-state index contributed by atoms with van der Waals surface area (Å²) in [7, 11) is 0. The van der Waals surface area contributed by atoms with Crippen molar-refractivity contribution in [1.29, 1.82) is 0 Å². The van der Waals surface area contributed by atoms with Crippen LogP contribution in [0.5, 0.6) is 0 Å². The lowest BCUT2D eigenvalue weighted by atomic mass is 10.1. The fraction of sp³-hybridized carbons (Fsp3) is 0.385. The van der Waals surface area contributed by atoms with E-state index >= 15 is 0 Å². The monoisotopic (exact) mass is 220 g/mol. The van der Waals surface area contributed by atoms with Gasteiger partial charge in [0.05, 0.1) is 13.2 Å². The molecule has 2 rings (SSSR count). The van der Waals surface area contributed by atoms with Crippen LogP contribution in [0.4, 0.5) is 0 Å². The van der Waals surface area contributed by atoms with Gasteiger partial charge in [-0.2, -0.15) is 0 Å². The molecule has 1 heterocycles. The summed E-state index contributed by atoms with van der Waals surface area (Å²) in [5.74, 6) is 0. The van der Waals surface area contributed by atoms with E-state index in [9.17, 15) is 5.11 Å². The van der Waals surface area contributed by atoms with Crippen LogP contribution in [0.25, 0.3) is 0 Å². The predicted octanol–water partition coefficient (Wildman–Crippen LogP) is 1.52. The third-order valence-corrected chi connectivity index (χ3v) is 2.68. The first-order valence-corrected chi connectivity index (χ1v) is 5.39. The molecule has 16 heavy (non-hydrogen) atoms. The summed E-state index contributed by atoms with van der Waals surface area (Å²) < 4.78 is 11.0. The molecule has 3 nitrogen and oxygen atoms in total. The van der Waals surface area contributed by atoms with Crippen molar-refractivity contribution in [2.24, 2.45) is 0 Å². The Morgan fingerprint density at radius 1 is 1.44 bits per heavy atom. The number of aliphatic hydroxyl groups excluding tert-OH is 1. The van der Waals surface area contributed by atoms with Gasteiger partial charge in [-0.3, -0.25) is 0 Å². The van der Waals surface area contributed by atoms with Crippen molar-refractivity contribution in [2.45, 2.75) is 24.9 Å². The van der Waals surface area contributed by atoms with Gasteiger partial charge in [0, 0.05) is 0 Å². The highest BCUT2D eigenvalue weighted by molar-refractivity contribution is 5.13. The van der Waals surface area contributed by atoms with Crippen molar-refractivity contribution in [1.82, 2.24) is 0 Å². The van der Waals surface area contributed by atoms with Crippen LogP contribution in [-0.4, -0.2) is 30.0 Å². The minimum absolute atomic E-state index is 0.210. The van der Waals surface area contributed by atoms with Crippen LogP contribution in [-0.2, 0) is 16.1 Å². The zero-order valence-corrected chi connectivity index (χ0v) is 9.08. The number of aliphatic hydroxyl groups is 1. The molecule has 0 aliphatic carbocycles. The van der Waals surface area contributed by atoms with Crippen molar-refractivity contribution in [3.63, 3.8) is 0 Å². The van der Waals surface area contributed by atoms with Crippen molar-refractivity contribution in [2.75, 3.05) is 6.61 Å². The highest BCUT2D eigenvalue weighted by Gasteiger charge is 2.34. The molecule has 86 valence electrons. The molecular weight excluding hydrogens is 204 g/mol. The van der Waals surface area contributed by atoms with Crippen LogP contribution >= 0.6 is 0 Å². The minimum Gasteiger partial charge on any atom is -0.388 e. The Kier molecular flexibility index (Phi) is 3.72. The minimum atomic E-state index is -0.563. The summed E-state index contributed by atoms with van der Waals surface area (Å²) in [6.45, 7) is 4.46. The van der Waals surface area contributed by atoms with Gasteiger partial charge in [-0.25, -0.2) is 0 Å². The second kappa shape index (κ2) is 5.25. The van der Waals surface area contributed by atoms with E-state index in [1.54, 1.807) is 6.08 Å². The highest BCUT2D eigenvalue weighted by Crippen LogP contribution is 2.20.